The first-order chi connectivity index (χ1) is 6.88. The van der Waals surface area contributed by atoms with Gasteiger partial charge in [-0.25, -0.2) is 4.79 Å². The van der Waals surface area contributed by atoms with Crippen LogP contribution in [0.25, 0.3) is 0 Å². The van der Waals surface area contributed by atoms with Crippen molar-refractivity contribution in [3.05, 3.63) is 12.7 Å². The van der Waals surface area contributed by atoms with Crippen molar-refractivity contribution in [3.63, 3.8) is 0 Å². The number of hydrogen-bond acceptors (Lipinski definition) is 5. The zero-order valence-electron chi connectivity index (χ0n) is 8.38. The molecule has 0 fully saturated rings. The molecule has 0 saturated carbocycles. The van der Waals surface area contributed by atoms with Gasteiger partial charge in [0, 0.05) is 17.6 Å². The molecule has 16 heavy (non-hydrogen) atoms. The number of hydrogen-bond donors (Lipinski definition) is 1. The van der Waals surface area contributed by atoms with E-state index >= 15 is 0 Å². The van der Waals surface area contributed by atoms with E-state index in [1.807, 2.05) is 0 Å². The molecule has 0 radical (unpaired) electrons. The van der Waals surface area contributed by atoms with E-state index in [0.717, 1.165) is 6.08 Å². The van der Waals surface area contributed by atoms with Crippen LogP contribution in [0.3, 0.4) is 0 Å². The normalized spacial score (nSPS) is 12.4. The minimum absolute atomic E-state index is 0. The summed E-state index contributed by atoms with van der Waals surface area (Å²) in [5.41, 5.74) is 0. The summed E-state index contributed by atoms with van der Waals surface area (Å²) < 4.78 is 34.5. The van der Waals surface area contributed by atoms with Crippen molar-refractivity contribution < 1.29 is 22.5 Å². The van der Waals surface area contributed by atoms with Crippen molar-refractivity contribution in [2.24, 2.45) is 0 Å². The third-order valence-electron chi connectivity index (χ3n) is 1.50. The predicted octanol–water partition coefficient (Wildman–Crippen LogP) is 0.0766. The molecule has 0 aromatic carbocycles. The molecule has 0 aliphatic rings. The quantitative estimate of drug-likeness (QED) is 0.306. The van der Waals surface area contributed by atoms with Gasteiger partial charge in [0.1, 0.15) is 6.61 Å². The number of thioether (sulfide) groups is 1. The topological polar surface area (TPSA) is 80.7 Å². The van der Waals surface area contributed by atoms with Crippen molar-refractivity contribution in [2.45, 2.75) is 12.2 Å². The van der Waals surface area contributed by atoms with Crippen molar-refractivity contribution in [3.8, 4) is 0 Å². The van der Waals surface area contributed by atoms with Gasteiger partial charge in [-0.3, -0.25) is 4.55 Å². The van der Waals surface area contributed by atoms with Gasteiger partial charge in [0.05, 0.1) is 5.25 Å². The van der Waals surface area contributed by atoms with Gasteiger partial charge in [-0.05, 0) is 6.92 Å². The Bertz CT molecular complexity index is 314. The summed E-state index contributed by atoms with van der Waals surface area (Å²) in [6, 6.07) is 0. The van der Waals surface area contributed by atoms with Crippen LogP contribution in [0.15, 0.2) is 12.7 Å². The van der Waals surface area contributed by atoms with E-state index in [4.69, 9.17) is 4.55 Å². The monoisotopic (exact) mass is 340 g/mol. The molecule has 90 valence electrons. The molecule has 0 aliphatic heterocycles. The van der Waals surface area contributed by atoms with E-state index in [1.165, 1.54) is 18.7 Å². The van der Waals surface area contributed by atoms with E-state index < -0.39 is 21.3 Å². The molecule has 0 aliphatic carbocycles. The van der Waals surface area contributed by atoms with Gasteiger partial charge in [-0.1, -0.05) is 6.58 Å². The van der Waals surface area contributed by atoms with Gasteiger partial charge in [0.25, 0.3) is 10.1 Å². The molecule has 0 aromatic rings. The van der Waals surface area contributed by atoms with Crippen LogP contribution in [0.1, 0.15) is 6.92 Å². The summed E-state index contributed by atoms with van der Waals surface area (Å²) in [5, 5.41) is -0.808. The minimum atomic E-state index is -3.96. The molecule has 8 heteroatoms. The second-order valence-electron chi connectivity index (χ2n) is 2.77. The van der Waals surface area contributed by atoms with Crippen molar-refractivity contribution >= 4 is 86.0 Å². The second kappa shape index (κ2) is 10.2. The van der Waals surface area contributed by atoms with E-state index in [2.05, 4.69) is 11.3 Å². The summed E-state index contributed by atoms with van der Waals surface area (Å²) in [6.07, 6.45) is 1.06. The molecule has 0 spiro atoms. The number of carbonyl (C=O) groups is 1. The third kappa shape index (κ3) is 10.4. The zero-order valence-corrected chi connectivity index (χ0v) is 10.0. The molecule has 5 nitrogen and oxygen atoms in total. The van der Waals surface area contributed by atoms with Crippen molar-refractivity contribution in [1.82, 2.24) is 0 Å². The van der Waals surface area contributed by atoms with E-state index in [0.29, 0.717) is 5.75 Å². The molecule has 1 N–H and O–H groups in total. The third-order valence-corrected chi connectivity index (χ3v) is 4.09. The molecule has 0 saturated heterocycles. The molecule has 1 atom stereocenters. The number of rotatable bonds is 7. The average molecular weight is 341 g/mol. The molecule has 1 unspecified atom stereocenters. The van der Waals surface area contributed by atoms with E-state index in [1.54, 1.807) is 0 Å². The first-order valence-electron chi connectivity index (χ1n) is 4.21. The van der Waals surface area contributed by atoms with Crippen LogP contribution in [-0.4, -0.2) is 100 Å². The van der Waals surface area contributed by atoms with Gasteiger partial charge < -0.3 is 4.74 Å². The van der Waals surface area contributed by atoms with Gasteiger partial charge in [-0.2, -0.15) is 20.2 Å². The van der Waals surface area contributed by atoms with Crippen LogP contribution in [0.5, 0.6) is 0 Å². The van der Waals surface area contributed by atoms with Crippen LogP contribution in [0, 0.1) is 0 Å². The van der Waals surface area contributed by atoms with E-state index in [9.17, 15) is 13.2 Å². The first kappa shape index (κ1) is 19.6. The molecule has 0 bridgehead atoms. The van der Waals surface area contributed by atoms with Gasteiger partial charge >= 0.3 is 64.2 Å². The molecule has 0 heterocycles. The Hall–Kier alpha value is 1.28. The van der Waals surface area contributed by atoms with Crippen LogP contribution < -0.4 is 0 Å². The van der Waals surface area contributed by atoms with Crippen LogP contribution in [0.4, 0.5) is 0 Å². The SMILES string of the molecule is C=CC(=O)OCCSCC(C)S(=O)(=O)O.[RbH]. The fraction of sp³-hybridized carbons (Fsp3) is 0.625. The molecule has 0 rings (SSSR count). The Morgan fingerprint density at radius 1 is 1.62 bits per heavy atom. The Labute approximate surface area is 149 Å². The molecular weight excluding hydrogens is 326 g/mol. The van der Waals surface area contributed by atoms with Crippen LogP contribution >= 0.6 is 11.8 Å². The number of ether oxygens (including phenoxy) is 1. The van der Waals surface area contributed by atoms with Crippen molar-refractivity contribution in [1.29, 1.82) is 0 Å². The maximum absolute atomic E-state index is 10.6. The van der Waals surface area contributed by atoms with Gasteiger partial charge in [-0.15, -0.1) is 0 Å². The number of esters is 1. The fourth-order valence-corrected chi connectivity index (χ4v) is 2.27. The summed E-state index contributed by atoms with van der Waals surface area (Å²) >= 11 is 1.29. The maximum atomic E-state index is 10.6. The Kier molecular flexibility index (Phi) is 12.5. The van der Waals surface area contributed by atoms with E-state index in [-0.39, 0.29) is 70.5 Å². The number of carbonyl (C=O) groups excluding carboxylic acids is 1. The van der Waals surface area contributed by atoms with Gasteiger partial charge in [0.2, 0.25) is 0 Å². The average Bonchev–Trinajstić information content (AvgIpc) is 2.15. The summed E-state index contributed by atoms with van der Waals surface area (Å²) in [7, 11) is -3.96. The summed E-state index contributed by atoms with van der Waals surface area (Å²) in [6.45, 7) is 4.84. The molecule has 0 aromatic heterocycles. The van der Waals surface area contributed by atoms with Crippen LogP contribution in [0.2, 0.25) is 0 Å². The van der Waals surface area contributed by atoms with Crippen molar-refractivity contribution in [2.75, 3.05) is 18.1 Å². The Morgan fingerprint density at radius 2 is 2.19 bits per heavy atom. The second-order valence-corrected chi connectivity index (χ2v) is 5.76. The summed E-state index contributed by atoms with van der Waals surface area (Å²) in [5.74, 6) is 0.252. The zero-order chi connectivity index (χ0) is 11.9. The standard InChI is InChI=1S/C8H14O5S2.Rb.H/c1-3-8(9)13-4-5-14-6-7(2)15(10,11)12;;/h3,7H,1,4-6H2,2H3,(H,10,11,12);;. The fourth-order valence-electron chi connectivity index (χ4n) is 0.595. The Balaban J connectivity index is 0. The Morgan fingerprint density at radius 3 is 2.62 bits per heavy atom. The molecular formula is C8H15O5RbS2. The van der Waals surface area contributed by atoms with Gasteiger partial charge in [0.15, 0.2) is 0 Å². The van der Waals surface area contributed by atoms with Crippen LogP contribution in [-0.2, 0) is 19.6 Å². The molecule has 0 amide bonds. The predicted molar refractivity (Wildman–Crippen MR) is 66.6 cm³/mol. The summed E-state index contributed by atoms with van der Waals surface area (Å²) in [4.78, 5) is 10.6. The first-order valence-corrected chi connectivity index (χ1v) is 6.87.